The first-order valence-electron chi connectivity index (χ1n) is 6.30. The third-order valence-corrected chi connectivity index (χ3v) is 3.60. The van der Waals surface area contributed by atoms with E-state index >= 15 is 0 Å². The van der Waals surface area contributed by atoms with Gasteiger partial charge in [-0.15, -0.1) is 0 Å². The van der Waals surface area contributed by atoms with E-state index in [1.54, 1.807) is 6.20 Å². The van der Waals surface area contributed by atoms with Crippen LogP contribution < -0.4 is 4.90 Å². The zero-order valence-corrected chi connectivity index (χ0v) is 10.8. The smallest absolute Gasteiger partial charge is 0.151 e. The number of hydrogen-bond donors (Lipinski definition) is 0. The molecule has 1 aromatic rings. The van der Waals surface area contributed by atoms with Crippen molar-refractivity contribution in [2.45, 2.75) is 39.7 Å². The first-order valence-corrected chi connectivity index (χ1v) is 6.30. The number of pyridine rings is 1. The molecule has 92 valence electrons. The molecule has 0 radical (unpaired) electrons. The van der Waals surface area contributed by atoms with Crippen LogP contribution in [0.1, 0.15) is 42.6 Å². The summed E-state index contributed by atoms with van der Waals surface area (Å²) in [6.07, 6.45) is 5.04. The van der Waals surface area contributed by atoms with Gasteiger partial charge in [-0.3, -0.25) is 4.79 Å². The fourth-order valence-electron chi connectivity index (χ4n) is 2.54. The average molecular weight is 232 g/mol. The summed E-state index contributed by atoms with van der Waals surface area (Å²) in [6, 6.07) is 2.46. The Balaban J connectivity index is 2.29. The average Bonchev–Trinajstić information content (AvgIpc) is 2.32. The van der Waals surface area contributed by atoms with Crippen LogP contribution in [0.2, 0.25) is 0 Å². The van der Waals surface area contributed by atoms with E-state index in [1.807, 2.05) is 13.0 Å². The molecule has 3 nitrogen and oxygen atoms in total. The Morgan fingerprint density at radius 1 is 1.41 bits per heavy atom. The van der Waals surface area contributed by atoms with Crippen molar-refractivity contribution in [3.05, 3.63) is 23.4 Å². The van der Waals surface area contributed by atoms with Crippen LogP contribution in [-0.4, -0.2) is 23.9 Å². The van der Waals surface area contributed by atoms with Gasteiger partial charge >= 0.3 is 0 Å². The zero-order valence-electron chi connectivity index (χ0n) is 10.8. The summed E-state index contributed by atoms with van der Waals surface area (Å²) in [6.45, 7) is 7.63. The van der Waals surface area contributed by atoms with Crippen molar-refractivity contribution < 1.29 is 4.79 Å². The number of aldehydes is 1. The summed E-state index contributed by atoms with van der Waals surface area (Å²) < 4.78 is 0. The van der Waals surface area contributed by atoms with Crippen molar-refractivity contribution in [2.75, 3.05) is 11.4 Å². The standard InChI is InChI=1S/C14H20N2O/c1-10-4-5-12(3)16(8-10)14-11(2)6-13(9-17)7-15-14/h6-7,9-10,12H,4-5,8H2,1-3H3. The highest BCUT2D eigenvalue weighted by Gasteiger charge is 2.24. The predicted octanol–water partition coefficient (Wildman–Crippen LogP) is 2.83. The van der Waals surface area contributed by atoms with E-state index in [-0.39, 0.29) is 0 Å². The topological polar surface area (TPSA) is 33.2 Å². The summed E-state index contributed by atoms with van der Waals surface area (Å²) in [5.74, 6) is 1.76. The molecule has 0 saturated carbocycles. The molecule has 0 bridgehead atoms. The lowest BCUT2D eigenvalue weighted by atomic mass is 9.94. The molecule has 0 amide bonds. The minimum atomic E-state index is 0.541. The Labute approximate surface area is 103 Å². The van der Waals surface area contributed by atoms with Gasteiger partial charge in [0, 0.05) is 24.3 Å². The number of aromatic nitrogens is 1. The number of carbonyl (C=O) groups excluding carboxylic acids is 1. The third-order valence-electron chi connectivity index (χ3n) is 3.60. The van der Waals surface area contributed by atoms with Crippen LogP contribution in [0.4, 0.5) is 5.82 Å². The van der Waals surface area contributed by atoms with E-state index < -0.39 is 0 Å². The Kier molecular flexibility index (Phi) is 3.46. The van der Waals surface area contributed by atoms with Gasteiger partial charge in [0.15, 0.2) is 6.29 Å². The van der Waals surface area contributed by atoms with Crippen molar-refractivity contribution in [3.63, 3.8) is 0 Å². The minimum absolute atomic E-state index is 0.541. The first-order chi connectivity index (χ1) is 8.11. The van der Waals surface area contributed by atoms with Crippen molar-refractivity contribution in [2.24, 2.45) is 5.92 Å². The number of carbonyl (C=O) groups is 1. The highest BCUT2D eigenvalue weighted by Crippen LogP contribution is 2.28. The van der Waals surface area contributed by atoms with E-state index in [0.29, 0.717) is 11.6 Å². The van der Waals surface area contributed by atoms with Crippen LogP contribution >= 0.6 is 0 Å². The van der Waals surface area contributed by atoms with Crippen molar-refractivity contribution >= 4 is 12.1 Å². The van der Waals surface area contributed by atoms with Crippen molar-refractivity contribution in [3.8, 4) is 0 Å². The van der Waals surface area contributed by atoms with Gasteiger partial charge < -0.3 is 4.90 Å². The fraction of sp³-hybridized carbons (Fsp3) is 0.571. The third kappa shape index (κ3) is 2.48. The molecule has 17 heavy (non-hydrogen) atoms. The largest absolute Gasteiger partial charge is 0.353 e. The Morgan fingerprint density at radius 3 is 2.82 bits per heavy atom. The molecule has 2 unspecified atom stereocenters. The maximum Gasteiger partial charge on any atom is 0.151 e. The van der Waals surface area contributed by atoms with Crippen LogP contribution in [0.5, 0.6) is 0 Å². The maximum absolute atomic E-state index is 10.7. The molecular weight excluding hydrogens is 212 g/mol. The number of rotatable bonds is 2. The van der Waals surface area contributed by atoms with Crippen LogP contribution in [-0.2, 0) is 0 Å². The highest BCUT2D eigenvalue weighted by molar-refractivity contribution is 5.75. The summed E-state index contributed by atoms with van der Waals surface area (Å²) in [7, 11) is 0. The molecule has 3 heteroatoms. The second-order valence-corrected chi connectivity index (χ2v) is 5.21. The van der Waals surface area contributed by atoms with Gasteiger partial charge in [-0.2, -0.15) is 0 Å². The molecule has 1 aromatic heterocycles. The van der Waals surface area contributed by atoms with E-state index in [1.165, 1.54) is 12.8 Å². The van der Waals surface area contributed by atoms with Gasteiger partial charge in [0.05, 0.1) is 0 Å². The monoisotopic (exact) mass is 232 g/mol. The summed E-state index contributed by atoms with van der Waals surface area (Å²) in [5, 5.41) is 0. The lowest BCUT2D eigenvalue weighted by molar-refractivity contribution is 0.112. The van der Waals surface area contributed by atoms with Crippen molar-refractivity contribution in [1.82, 2.24) is 4.98 Å². The second kappa shape index (κ2) is 4.86. The number of nitrogens with zero attached hydrogens (tertiary/aromatic N) is 2. The lowest BCUT2D eigenvalue weighted by Gasteiger charge is -2.38. The Morgan fingerprint density at radius 2 is 2.18 bits per heavy atom. The molecule has 0 aromatic carbocycles. The van der Waals surface area contributed by atoms with E-state index in [4.69, 9.17) is 0 Å². The molecule has 2 atom stereocenters. The summed E-state index contributed by atoms with van der Waals surface area (Å²) in [4.78, 5) is 17.5. The molecule has 0 N–H and O–H groups in total. The highest BCUT2D eigenvalue weighted by atomic mass is 16.1. The van der Waals surface area contributed by atoms with Gasteiger partial charge in [-0.05, 0) is 44.2 Å². The fourth-order valence-corrected chi connectivity index (χ4v) is 2.54. The maximum atomic E-state index is 10.7. The van der Waals surface area contributed by atoms with Crippen LogP contribution in [0.3, 0.4) is 0 Å². The van der Waals surface area contributed by atoms with E-state index in [9.17, 15) is 4.79 Å². The summed E-state index contributed by atoms with van der Waals surface area (Å²) >= 11 is 0. The lowest BCUT2D eigenvalue weighted by Crippen LogP contribution is -2.42. The molecule has 1 aliphatic heterocycles. The minimum Gasteiger partial charge on any atom is -0.353 e. The van der Waals surface area contributed by atoms with Gasteiger partial charge in [0.1, 0.15) is 5.82 Å². The molecule has 2 heterocycles. The van der Waals surface area contributed by atoms with E-state index in [0.717, 1.165) is 30.1 Å². The zero-order chi connectivity index (χ0) is 12.4. The molecule has 1 fully saturated rings. The normalized spacial score (nSPS) is 24.8. The first kappa shape index (κ1) is 12.1. The van der Waals surface area contributed by atoms with Crippen LogP contribution in [0.25, 0.3) is 0 Å². The SMILES string of the molecule is Cc1cc(C=O)cnc1N1CC(C)CCC1C. The molecule has 1 aliphatic rings. The molecule has 0 aliphatic carbocycles. The second-order valence-electron chi connectivity index (χ2n) is 5.21. The number of aryl methyl sites for hydroxylation is 1. The number of hydrogen-bond acceptors (Lipinski definition) is 3. The predicted molar refractivity (Wildman–Crippen MR) is 69.6 cm³/mol. The number of anilines is 1. The van der Waals surface area contributed by atoms with Gasteiger partial charge in [0.25, 0.3) is 0 Å². The van der Waals surface area contributed by atoms with Crippen molar-refractivity contribution in [1.29, 1.82) is 0 Å². The Bertz CT molecular complexity index is 417. The van der Waals surface area contributed by atoms with Gasteiger partial charge in [-0.1, -0.05) is 6.92 Å². The Hall–Kier alpha value is -1.38. The van der Waals surface area contributed by atoms with Crippen LogP contribution in [0, 0.1) is 12.8 Å². The van der Waals surface area contributed by atoms with E-state index in [2.05, 4.69) is 23.7 Å². The molecule has 1 saturated heterocycles. The summed E-state index contributed by atoms with van der Waals surface area (Å²) in [5.41, 5.74) is 1.75. The quantitative estimate of drug-likeness (QED) is 0.735. The van der Waals surface area contributed by atoms with Crippen LogP contribution in [0.15, 0.2) is 12.3 Å². The molecule has 0 spiro atoms. The number of piperidine rings is 1. The molecular formula is C14H20N2O. The molecule has 2 rings (SSSR count). The van der Waals surface area contributed by atoms with Gasteiger partial charge in [0.2, 0.25) is 0 Å². The van der Waals surface area contributed by atoms with Gasteiger partial charge in [-0.25, -0.2) is 4.98 Å².